The lowest BCUT2D eigenvalue weighted by Crippen LogP contribution is -2.27. The fourth-order valence-corrected chi connectivity index (χ4v) is 3.50. The van der Waals surface area contributed by atoms with E-state index in [1.54, 1.807) is 30.3 Å². The monoisotopic (exact) mass is 315 g/mol. The van der Waals surface area contributed by atoms with Gasteiger partial charge in [0.05, 0.1) is 15.9 Å². The number of nitrogens with zero attached hydrogens (tertiary/aromatic N) is 2. The van der Waals surface area contributed by atoms with E-state index in [1.807, 2.05) is 35.8 Å². The first-order valence-corrected chi connectivity index (χ1v) is 8.53. The highest BCUT2D eigenvalue weighted by molar-refractivity contribution is 7.89. The third-order valence-corrected chi connectivity index (χ3v) is 5.00. The summed E-state index contributed by atoms with van der Waals surface area (Å²) < 4.78 is 29.0. The van der Waals surface area contributed by atoms with Crippen molar-refractivity contribution >= 4 is 21.1 Å². The van der Waals surface area contributed by atoms with E-state index < -0.39 is 10.0 Å². The van der Waals surface area contributed by atoms with E-state index >= 15 is 0 Å². The number of rotatable bonds is 5. The van der Waals surface area contributed by atoms with Crippen molar-refractivity contribution in [2.45, 2.75) is 18.4 Å². The van der Waals surface area contributed by atoms with Gasteiger partial charge in [0, 0.05) is 13.1 Å². The van der Waals surface area contributed by atoms with E-state index in [-0.39, 0.29) is 4.90 Å². The Morgan fingerprint density at radius 2 is 1.73 bits per heavy atom. The molecule has 3 aromatic rings. The van der Waals surface area contributed by atoms with Crippen molar-refractivity contribution in [1.29, 1.82) is 0 Å². The molecule has 1 aromatic heterocycles. The van der Waals surface area contributed by atoms with Crippen LogP contribution < -0.4 is 4.72 Å². The molecule has 0 saturated carbocycles. The van der Waals surface area contributed by atoms with Crippen molar-refractivity contribution < 1.29 is 8.42 Å². The maximum atomic E-state index is 12.2. The molecule has 3 rings (SSSR count). The first-order chi connectivity index (χ1) is 10.6. The van der Waals surface area contributed by atoms with Crippen molar-refractivity contribution in [2.24, 2.45) is 0 Å². The Hall–Kier alpha value is -2.18. The Morgan fingerprint density at radius 1 is 1.05 bits per heavy atom. The fourth-order valence-electron chi connectivity index (χ4n) is 2.45. The van der Waals surface area contributed by atoms with E-state index in [1.165, 1.54) is 0 Å². The van der Waals surface area contributed by atoms with E-state index in [2.05, 4.69) is 9.71 Å². The zero-order valence-corrected chi connectivity index (χ0v) is 13.0. The molecule has 0 radical (unpaired) electrons. The second-order valence-electron chi connectivity index (χ2n) is 5.01. The molecule has 0 bridgehead atoms. The molecule has 0 amide bonds. The summed E-state index contributed by atoms with van der Waals surface area (Å²) in [5.74, 6) is 0.875. The molecule has 6 heteroatoms. The molecule has 1 heterocycles. The van der Waals surface area contributed by atoms with Crippen molar-refractivity contribution in [3.8, 4) is 0 Å². The summed E-state index contributed by atoms with van der Waals surface area (Å²) in [5, 5.41) is 0. The van der Waals surface area contributed by atoms with Gasteiger partial charge in [-0.2, -0.15) is 0 Å². The molecule has 0 saturated heterocycles. The highest BCUT2D eigenvalue weighted by Crippen LogP contribution is 2.15. The molecule has 2 aromatic carbocycles. The molecular weight excluding hydrogens is 298 g/mol. The maximum absolute atomic E-state index is 12.2. The summed E-state index contributed by atoms with van der Waals surface area (Å²) >= 11 is 0. The number of para-hydroxylation sites is 2. The van der Waals surface area contributed by atoms with Crippen LogP contribution in [0.2, 0.25) is 0 Å². The van der Waals surface area contributed by atoms with E-state index in [0.717, 1.165) is 16.9 Å². The van der Waals surface area contributed by atoms with E-state index in [9.17, 15) is 8.42 Å². The quantitative estimate of drug-likeness (QED) is 0.786. The Morgan fingerprint density at radius 3 is 2.50 bits per heavy atom. The number of aryl methyl sites for hydroxylation is 1. The van der Waals surface area contributed by atoms with Gasteiger partial charge in [0.2, 0.25) is 10.0 Å². The number of nitrogens with one attached hydrogen (secondary N) is 1. The van der Waals surface area contributed by atoms with Crippen LogP contribution in [0, 0.1) is 6.92 Å². The minimum absolute atomic E-state index is 0.280. The summed E-state index contributed by atoms with van der Waals surface area (Å²) in [6.07, 6.45) is 0. The van der Waals surface area contributed by atoms with Crippen molar-refractivity contribution in [3.63, 3.8) is 0 Å². The van der Waals surface area contributed by atoms with Gasteiger partial charge in [-0.05, 0) is 31.2 Å². The van der Waals surface area contributed by atoms with Crippen molar-refractivity contribution in [2.75, 3.05) is 6.54 Å². The zero-order valence-electron chi connectivity index (χ0n) is 12.2. The van der Waals surface area contributed by atoms with Gasteiger partial charge >= 0.3 is 0 Å². The van der Waals surface area contributed by atoms with Gasteiger partial charge in [0.1, 0.15) is 5.82 Å². The fraction of sp³-hybridized carbons (Fsp3) is 0.188. The molecular formula is C16H17N3O2S. The third-order valence-electron chi connectivity index (χ3n) is 3.53. The maximum Gasteiger partial charge on any atom is 0.240 e. The van der Waals surface area contributed by atoms with Gasteiger partial charge in [0.25, 0.3) is 0 Å². The molecule has 0 atom stereocenters. The predicted molar refractivity (Wildman–Crippen MR) is 86.1 cm³/mol. The Bertz CT molecular complexity index is 886. The topological polar surface area (TPSA) is 64.0 Å². The number of hydrogen-bond donors (Lipinski definition) is 1. The van der Waals surface area contributed by atoms with Crippen LogP contribution in [-0.2, 0) is 16.6 Å². The normalized spacial score (nSPS) is 11.9. The molecule has 0 aliphatic heterocycles. The summed E-state index contributed by atoms with van der Waals surface area (Å²) in [7, 11) is -3.46. The van der Waals surface area contributed by atoms with Crippen LogP contribution in [0.3, 0.4) is 0 Å². The largest absolute Gasteiger partial charge is 0.327 e. The molecule has 0 spiro atoms. The van der Waals surface area contributed by atoms with Crippen LogP contribution in [0.5, 0.6) is 0 Å². The number of fused-ring (bicyclic) bond motifs is 1. The lowest BCUT2D eigenvalue weighted by molar-refractivity contribution is 0.573. The van der Waals surface area contributed by atoms with Crippen LogP contribution in [0.25, 0.3) is 11.0 Å². The highest BCUT2D eigenvalue weighted by atomic mass is 32.2. The zero-order chi connectivity index (χ0) is 15.6. The summed E-state index contributed by atoms with van der Waals surface area (Å²) in [4.78, 5) is 4.75. The molecule has 0 fully saturated rings. The predicted octanol–water partition coefficient (Wildman–Crippen LogP) is 2.32. The van der Waals surface area contributed by atoms with Gasteiger partial charge in [-0.1, -0.05) is 30.3 Å². The van der Waals surface area contributed by atoms with Crippen LogP contribution in [-0.4, -0.2) is 24.5 Å². The van der Waals surface area contributed by atoms with Crippen molar-refractivity contribution in [1.82, 2.24) is 14.3 Å². The Kier molecular flexibility index (Phi) is 3.96. The number of benzene rings is 2. The van der Waals surface area contributed by atoms with Gasteiger partial charge in [-0.3, -0.25) is 0 Å². The van der Waals surface area contributed by atoms with Gasteiger partial charge in [-0.15, -0.1) is 0 Å². The van der Waals surface area contributed by atoms with Crippen molar-refractivity contribution in [3.05, 3.63) is 60.4 Å². The van der Waals surface area contributed by atoms with E-state index in [4.69, 9.17) is 0 Å². The molecule has 22 heavy (non-hydrogen) atoms. The van der Waals surface area contributed by atoms with E-state index in [0.29, 0.717) is 13.1 Å². The minimum atomic E-state index is -3.46. The van der Waals surface area contributed by atoms with Gasteiger partial charge in [0.15, 0.2) is 0 Å². The number of sulfonamides is 1. The number of aromatic nitrogens is 2. The SMILES string of the molecule is Cc1nc2ccccc2n1CCNS(=O)(=O)c1ccccc1. The average Bonchev–Trinajstić information content (AvgIpc) is 2.84. The third kappa shape index (κ3) is 2.88. The first kappa shape index (κ1) is 14.7. The molecule has 0 aliphatic rings. The standard InChI is InChI=1S/C16H17N3O2S/c1-13-18-15-9-5-6-10-16(15)19(13)12-11-17-22(20,21)14-7-3-2-4-8-14/h2-10,17H,11-12H2,1H3. The molecule has 0 unspecified atom stereocenters. The van der Waals surface area contributed by atoms with Gasteiger partial charge in [-0.25, -0.2) is 18.1 Å². The van der Waals surface area contributed by atoms with Gasteiger partial charge < -0.3 is 4.57 Å². The molecule has 114 valence electrons. The molecule has 1 N–H and O–H groups in total. The Labute approximate surface area is 129 Å². The average molecular weight is 315 g/mol. The smallest absolute Gasteiger partial charge is 0.240 e. The van der Waals surface area contributed by atoms with Crippen LogP contribution >= 0.6 is 0 Å². The van der Waals surface area contributed by atoms with Crippen LogP contribution in [0.1, 0.15) is 5.82 Å². The summed E-state index contributed by atoms with van der Waals surface area (Å²) in [6, 6.07) is 16.2. The molecule has 5 nitrogen and oxygen atoms in total. The van der Waals surface area contributed by atoms with Crippen LogP contribution in [0.4, 0.5) is 0 Å². The highest BCUT2D eigenvalue weighted by Gasteiger charge is 2.13. The lowest BCUT2D eigenvalue weighted by atomic mass is 10.3. The molecule has 0 aliphatic carbocycles. The number of imidazole rings is 1. The number of hydrogen-bond acceptors (Lipinski definition) is 3. The summed E-state index contributed by atoms with van der Waals surface area (Å²) in [6.45, 7) is 2.78. The Balaban J connectivity index is 1.74. The lowest BCUT2D eigenvalue weighted by Gasteiger charge is -2.09. The second kappa shape index (κ2) is 5.90. The second-order valence-corrected chi connectivity index (χ2v) is 6.78. The summed E-state index contributed by atoms with van der Waals surface area (Å²) in [5.41, 5.74) is 1.94. The minimum Gasteiger partial charge on any atom is -0.327 e. The van der Waals surface area contributed by atoms with Crippen LogP contribution in [0.15, 0.2) is 59.5 Å². The first-order valence-electron chi connectivity index (χ1n) is 7.04.